The molecule has 0 fully saturated rings. The first kappa shape index (κ1) is 13.4. The van der Waals surface area contributed by atoms with Gasteiger partial charge in [-0.1, -0.05) is 18.2 Å². The highest BCUT2D eigenvalue weighted by Crippen LogP contribution is 2.24. The van der Waals surface area contributed by atoms with Gasteiger partial charge in [0.15, 0.2) is 0 Å². The maximum atomic E-state index is 12.5. The van der Waals surface area contributed by atoms with Crippen molar-refractivity contribution in [2.45, 2.75) is 12.8 Å². The highest BCUT2D eigenvalue weighted by atomic mass is 16.2. The van der Waals surface area contributed by atoms with Gasteiger partial charge in [-0.25, -0.2) is 0 Å². The summed E-state index contributed by atoms with van der Waals surface area (Å²) in [5.41, 5.74) is 3.32. The van der Waals surface area contributed by atoms with Crippen LogP contribution in [0.1, 0.15) is 22.3 Å². The maximum Gasteiger partial charge on any atom is 0.258 e. The lowest BCUT2D eigenvalue weighted by molar-refractivity contribution is -0.116. The number of fused-ring (bicyclic) bond motifs is 1. The Kier molecular flexibility index (Phi) is 3.44. The summed E-state index contributed by atoms with van der Waals surface area (Å²) in [5.74, 6) is -0.0242. The molecule has 3 rings (SSSR count). The number of nitrogens with one attached hydrogen (secondary N) is 1. The number of anilines is 2. The van der Waals surface area contributed by atoms with Crippen molar-refractivity contribution < 1.29 is 9.59 Å². The van der Waals surface area contributed by atoms with Gasteiger partial charge in [0.05, 0.1) is 0 Å². The smallest absolute Gasteiger partial charge is 0.258 e. The van der Waals surface area contributed by atoms with Crippen LogP contribution in [0.15, 0.2) is 48.5 Å². The van der Waals surface area contributed by atoms with Gasteiger partial charge in [0.2, 0.25) is 5.91 Å². The Morgan fingerprint density at radius 1 is 1.10 bits per heavy atom. The molecule has 21 heavy (non-hydrogen) atoms. The molecule has 2 amide bonds. The first-order chi connectivity index (χ1) is 10.1. The van der Waals surface area contributed by atoms with Gasteiger partial charge in [0.1, 0.15) is 0 Å². The summed E-state index contributed by atoms with van der Waals surface area (Å²) in [6.07, 6.45) is 1.15. The zero-order valence-electron chi connectivity index (χ0n) is 11.8. The van der Waals surface area contributed by atoms with Crippen LogP contribution in [0.4, 0.5) is 11.4 Å². The van der Waals surface area contributed by atoms with Crippen molar-refractivity contribution in [2.75, 3.05) is 17.3 Å². The largest absolute Gasteiger partial charge is 0.326 e. The molecule has 2 aromatic rings. The molecule has 0 bridgehead atoms. The molecule has 0 aromatic heterocycles. The summed E-state index contributed by atoms with van der Waals surface area (Å²) in [6.45, 7) is 0. The molecule has 2 aromatic carbocycles. The van der Waals surface area contributed by atoms with E-state index < -0.39 is 0 Å². The van der Waals surface area contributed by atoms with Gasteiger partial charge in [-0.15, -0.1) is 0 Å². The first-order valence-electron chi connectivity index (χ1n) is 6.91. The molecule has 0 saturated carbocycles. The van der Waals surface area contributed by atoms with Crippen molar-refractivity contribution in [2.24, 2.45) is 0 Å². The number of aryl methyl sites for hydroxylation is 1. The van der Waals surface area contributed by atoms with Crippen LogP contribution in [0, 0.1) is 0 Å². The Hall–Kier alpha value is -2.62. The zero-order valence-corrected chi connectivity index (χ0v) is 11.8. The number of nitrogens with zero attached hydrogens (tertiary/aromatic N) is 1. The number of hydrogen-bond acceptors (Lipinski definition) is 2. The molecular weight excluding hydrogens is 264 g/mol. The standard InChI is InChI=1S/C17H16N2O2/c1-19(14-5-3-2-4-6-14)17(21)13-7-9-15-12(11-13)8-10-16(20)18-15/h2-7,9,11H,8,10H2,1H3,(H,18,20). The van der Waals surface area contributed by atoms with Crippen molar-refractivity contribution >= 4 is 23.2 Å². The summed E-state index contributed by atoms with van der Waals surface area (Å²) in [4.78, 5) is 25.5. The minimum absolute atomic E-state index is 0.0305. The maximum absolute atomic E-state index is 12.5. The molecule has 1 N–H and O–H groups in total. The van der Waals surface area contributed by atoms with Crippen molar-refractivity contribution in [1.82, 2.24) is 0 Å². The highest BCUT2D eigenvalue weighted by Gasteiger charge is 2.18. The van der Waals surface area contributed by atoms with Gasteiger partial charge in [-0.05, 0) is 42.3 Å². The monoisotopic (exact) mass is 280 g/mol. The average molecular weight is 280 g/mol. The summed E-state index contributed by atoms with van der Waals surface area (Å²) in [6, 6.07) is 15.0. The fraction of sp³-hybridized carbons (Fsp3) is 0.176. The Morgan fingerprint density at radius 3 is 2.62 bits per heavy atom. The Bertz CT molecular complexity index is 695. The molecule has 0 saturated heterocycles. The number of carbonyl (C=O) groups is 2. The fourth-order valence-corrected chi connectivity index (χ4v) is 2.48. The van der Waals surface area contributed by atoms with Crippen molar-refractivity contribution in [3.63, 3.8) is 0 Å². The normalized spacial score (nSPS) is 13.3. The van der Waals surface area contributed by atoms with Crippen LogP contribution >= 0.6 is 0 Å². The molecule has 0 spiro atoms. The lowest BCUT2D eigenvalue weighted by atomic mass is 10.00. The quantitative estimate of drug-likeness (QED) is 0.919. The third-order valence-corrected chi connectivity index (χ3v) is 3.70. The summed E-state index contributed by atoms with van der Waals surface area (Å²) < 4.78 is 0. The molecule has 1 heterocycles. The van der Waals surface area contributed by atoms with E-state index in [1.807, 2.05) is 36.4 Å². The Balaban J connectivity index is 1.87. The van der Waals surface area contributed by atoms with Crippen LogP contribution in [-0.2, 0) is 11.2 Å². The number of amides is 2. The van der Waals surface area contributed by atoms with Crippen molar-refractivity contribution in [3.8, 4) is 0 Å². The predicted molar refractivity (Wildman–Crippen MR) is 82.6 cm³/mol. The van der Waals surface area contributed by atoms with Crippen LogP contribution in [-0.4, -0.2) is 18.9 Å². The van der Waals surface area contributed by atoms with Crippen LogP contribution in [0.3, 0.4) is 0 Å². The molecule has 0 aliphatic carbocycles. The van der Waals surface area contributed by atoms with E-state index in [1.165, 1.54) is 0 Å². The molecule has 4 nitrogen and oxygen atoms in total. The zero-order chi connectivity index (χ0) is 14.8. The number of hydrogen-bond donors (Lipinski definition) is 1. The highest BCUT2D eigenvalue weighted by molar-refractivity contribution is 6.06. The number of carbonyl (C=O) groups excluding carboxylic acids is 2. The molecule has 0 unspecified atom stereocenters. The van der Waals surface area contributed by atoms with E-state index in [0.29, 0.717) is 18.4 Å². The molecule has 1 aliphatic heterocycles. The van der Waals surface area contributed by atoms with Crippen molar-refractivity contribution in [1.29, 1.82) is 0 Å². The molecular formula is C17H16N2O2. The second-order valence-corrected chi connectivity index (χ2v) is 5.12. The van der Waals surface area contributed by atoms with Crippen molar-refractivity contribution in [3.05, 3.63) is 59.7 Å². The molecule has 0 atom stereocenters. The topological polar surface area (TPSA) is 49.4 Å². The fourth-order valence-electron chi connectivity index (χ4n) is 2.48. The minimum atomic E-state index is -0.0547. The van der Waals surface area contributed by atoms with Crippen LogP contribution in [0.2, 0.25) is 0 Å². The predicted octanol–water partition coefficient (Wildman–Crippen LogP) is 2.85. The van der Waals surface area contributed by atoms with E-state index in [-0.39, 0.29) is 11.8 Å². The van der Waals surface area contributed by atoms with Gasteiger partial charge in [0.25, 0.3) is 5.91 Å². The molecule has 0 radical (unpaired) electrons. The summed E-state index contributed by atoms with van der Waals surface area (Å²) in [5, 5.41) is 2.82. The van der Waals surface area contributed by atoms with Crippen LogP contribution < -0.4 is 10.2 Å². The second-order valence-electron chi connectivity index (χ2n) is 5.12. The Morgan fingerprint density at radius 2 is 1.86 bits per heavy atom. The SMILES string of the molecule is CN(C(=O)c1ccc2c(c1)CCC(=O)N2)c1ccccc1. The second kappa shape index (κ2) is 5.40. The van der Waals surface area contributed by atoms with Gasteiger partial charge in [-0.2, -0.15) is 0 Å². The summed E-state index contributed by atoms with van der Waals surface area (Å²) >= 11 is 0. The number of benzene rings is 2. The van der Waals surface area contributed by atoms with E-state index in [4.69, 9.17) is 0 Å². The van der Waals surface area contributed by atoms with E-state index in [2.05, 4.69) is 5.32 Å². The van der Waals surface area contributed by atoms with Gasteiger partial charge in [-0.3, -0.25) is 9.59 Å². The molecule has 4 heteroatoms. The third-order valence-electron chi connectivity index (χ3n) is 3.70. The minimum Gasteiger partial charge on any atom is -0.326 e. The first-order valence-corrected chi connectivity index (χ1v) is 6.91. The lowest BCUT2D eigenvalue weighted by Gasteiger charge is -2.20. The number of rotatable bonds is 2. The van der Waals surface area contributed by atoms with Crippen LogP contribution in [0.5, 0.6) is 0 Å². The number of para-hydroxylation sites is 1. The lowest BCUT2D eigenvalue weighted by Crippen LogP contribution is -2.27. The van der Waals surface area contributed by atoms with E-state index in [9.17, 15) is 9.59 Å². The summed E-state index contributed by atoms with van der Waals surface area (Å²) in [7, 11) is 1.76. The third kappa shape index (κ3) is 2.65. The van der Waals surface area contributed by atoms with E-state index >= 15 is 0 Å². The van der Waals surface area contributed by atoms with Crippen LogP contribution in [0.25, 0.3) is 0 Å². The van der Waals surface area contributed by atoms with Gasteiger partial charge >= 0.3 is 0 Å². The van der Waals surface area contributed by atoms with E-state index in [0.717, 1.165) is 16.9 Å². The molecule has 1 aliphatic rings. The average Bonchev–Trinajstić information content (AvgIpc) is 2.53. The Labute approximate surface area is 123 Å². The van der Waals surface area contributed by atoms with Gasteiger partial charge < -0.3 is 10.2 Å². The van der Waals surface area contributed by atoms with Gasteiger partial charge in [0, 0.05) is 30.4 Å². The van der Waals surface area contributed by atoms with E-state index in [1.54, 1.807) is 24.1 Å². The molecule has 106 valence electrons.